The van der Waals surface area contributed by atoms with Gasteiger partial charge in [0, 0.05) is 25.2 Å². The van der Waals surface area contributed by atoms with Crippen LogP contribution in [0.3, 0.4) is 0 Å². The number of benzene rings is 1. The van der Waals surface area contributed by atoms with Crippen molar-refractivity contribution in [2.24, 2.45) is 11.8 Å². The van der Waals surface area contributed by atoms with E-state index >= 15 is 0 Å². The van der Waals surface area contributed by atoms with E-state index in [4.69, 9.17) is 0 Å². The molecule has 0 spiro atoms. The predicted molar refractivity (Wildman–Crippen MR) is 98.9 cm³/mol. The summed E-state index contributed by atoms with van der Waals surface area (Å²) in [6.07, 6.45) is 2.79. The van der Waals surface area contributed by atoms with Crippen LogP contribution >= 0.6 is 0 Å². The third-order valence-corrected chi connectivity index (χ3v) is 4.89. The lowest BCUT2D eigenvalue weighted by molar-refractivity contribution is -0.142. The van der Waals surface area contributed by atoms with Gasteiger partial charge in [-0.15, -0.1) is 0 Å². The predicted octanol–water partition coefficient (Wildman–Crippen LogP) is 2.46. The van der Waals surface area contributed by atoms with E-state index in [9.17, 15) is 19.5 Å². The SMILES string of the molecule is CCCC(CNC(=O)C1CCCN(C(=O)c2ccc(C)cc2)C1)C(=O)O. The molecule has 6 nitrogen and oxygen atoms in total. The number of carboxylic acids is 1. The van der Waals surface area contributed by atoms with Crippen molar-refractivity contribution in [3.05, 3.63) is 35.4 Å². The van der Waals surface area contributed by atoms with Crippen LogP contribution in [0.4, 0.5) is 0 Å². The second-order valence-corrected chi connectivity index (χ2v) is 7.03. The molecule has 1 aromatic carbocycles. The molecule has 0 bridgehead atoms. The lowest BCUT2D eigenvalue weighted by Gasteiger charge is -2.32. The number of amides is 2. The lowest BCUT2D eigenvalue weighted by atomic mass is 9.95. The zero-order valence-corrected chi connectivity index (χ0v) is 15.5. The first-order chi connectivity index (χ1) is 12.4. The van der Waals surface area contributed by atoms with E-state index in [0.717, 1.165) is 24.8 Å². The number of carbonyl (C=O) groups excluding carboxylic acids is 2. The number of likely N-dealkylation sites (tertiary alicyclic amines) is 1. The maximum absolute atomic E-state index is 12.6. The molecule has 1 fully saturated rings. The van der Waals surface area contributed by atoms with Gasteiger partial charge in [-0.05, 0) is 38.3 Å². The molecule has 2 atom stereocenters. The van der Waals surface area contributed by atoms with Crippen LogP contribution in [0.15, 0.2) is 24.3 Å². The Morgan fingerprint density at radius 2 is 1.96 bits per heavy atom. The minimum Gasteiger partial charge on any atom is -0.481 e. The maximum atomic E-state index is 12.6. The molecule has 0 aromatic heterocycles. The van der Waals surface area contributed by atoms with E-state index in [0.29, 0.717) is 25.1 Å². The van der Waals surface area contributed by atoms with E-state index in [-0.39, 0.29) is 24.3 Å². The standard InChI is InChI=1S/C20H28N2O4/c1-3-5-16(20(25)26)12-21-18(23)17-6-4-11-22(13-17)19(24)15-9-7-14(2)8-10-15/h7-10,16-17H,3-6,11-13H2,1-2H3,(H,21,23)(H,25,26). The molecule has 1 saturated heterocycles. The largest absolute Gasteiger partial charge is 0.481 e. The van der Waals surface area contributed by atoms with Gasteiger partial charge < -0.3 is 15.3 Å². The summed E-state index contributed by atoms with van der Waals surface area (Å²) in [5.74, 6) is -1.94. The number of hydrogen-bond donors (Lipinski definition) is 2. The zero-order valence-electron chi connectivity index (χ0n) is 15.5. The van der Waals surface area contributed by atoms with Crippen LogP contribution in [0.2, 0.25) is 0 Å². The van der Waals surface area contributed by atoms with Crippen molar-refractivity contribution in [1.82, 2.24) is 10.2 Å². The fourth-order valence-corrected chi connectivity index (χ4v) is 3.28. The normalized spacial score (nSPS) is 18.2. The Bertz CT molecular complexity index is 642. The number of hydrogen-bond acceptors (Lipinski definition) is 3. The molecule has 2 rings (SSSR count). The molecule has 2 amide bonds. The van der Waals surface area contributed by atoms with Crippen molar-refractivity contribution in [3.8, 4) is 0 Å². The number of carboxylic acid groups (broad SMARTS) is 1. The molecule has 142 valence electrons. The van der Waals surface area contributed by atoms with Gasteiger partial charge in [-0.1, -0.05) is 31.0 Å². The molecule has 6 heteroatoms. The highest BCUT2D eigenvalue weighted by molar-refractivity contribution is 5.94. The highest BCUT2D eigenvalue weighted by Gasteiger charge is 2.29. The van der Waals surface area contributed by atoms with Gasteiger partial charge in [0.25, 0.3) is 5.91 Å². The van der Waals surface area contributed by atoms with E-state index in [1.165, 1.54) is 0 Å². The van der Waals surface area contributed by atoms with Crippen LogP contribution in [0.5, 0.6) is 0 Å². The Morgan fingerprint density at radius 3 is 2.58 bits per heavy atom. The van der Waals surface area contributed by atoms with Crippen LogP contribution < -0.4 is 5.32 Å². The van der Waals surface area contributed by atoms with Gasteiger partial charge in [-0.2, -0.15) is 0 Å². The number of aliphatic carboxylic acids is 1. The third kappa shape index (κ3) is 5.31. The Kier molecular flexibility index (Phi) is 7.18. The maximum Gasteiger partial charge on any atom is 0.308 e. The van der Waals surface area contributed by atoms with Crippen LogP contribution in [0.1, 0.15) is 48.5 Å². The first-order valence-electron chi connectivity index (χ1n) is 9.28. The molecule has 1 aliphatic heterocycles. The number of aryl methyl sites for hydroxylation is 1. The molecule has 0 radical (unpaired) electrons. The summed E-state index contributed by atoms with van der Waals surface area (Å²) in [4.78, 5) is 38.0. The van der Waals surface area contributed by atoms with Crippen LogP contribution in [0, 0.1) is 18.8 Å². The number of carbonyl (C=O) groups is 3. The number of nitrogens with one attached hydrogen (secondary N) is 1. The minimum absolute atomic E-state index is 0.0584. The van der Waals surface area contributed by atoms with Crippen LogP contribution in [-0.4, -0.2) is 47.4 Å². The fourth-order valence-electron chi connectivity index (χ4n) is 3.28. The summed E-state index contributed by atoms with van der Waals surface area (Å²) in [6, 6.07) is 7.43. The molecule has 2 N–H and O–H groups in total. The van der Waals surface area contributed by atoms with Crippen molar-refractivity contribution in [2.45, 2.75) is 39.5 Å². The Labute approximate surface area is 154 Å². The first-order valence-corrected chi connectivity index (χ1v) is 9.28. The fraction of sp³-hybridized carbons (Fsp3) is 0.550. The van der Waals surface area contributed by atoms with Gasteiger partial charge in [-0.3, -0.25) is 14.4 Å². The van der Waals surface area contributed by atoms with E-state index in [1.807, 2.05) is 38.1 Å². The summed E-state index contributed by atoms with van der Waals surface area (Å²) in [6.45, 7) is 5.06. The average molecular weight is 360 g/mol. The third-order valence-electron chi connectivity index (χ3n) is 4.89. The van der Waals surface area contributed by atoms with Crippen LogP contribution in [-0.2, 0) is 9.59 Å². The quantitative estimate of drug-likeness (QED) is 0.782. The van der Waals surface area contributed by atoms with Crippen molar-refractivity contribution < 1.29 is 19.5 Å². The molecular weight excluding hydrogens is 332 g/mol. The van der Waals surface area contributed by atoms with Crippen LogP contribution in [0.25, 0.3) is 0 Å². The molecule has 1 heterocycles. The second kappa shape index (κ2) is 9.36. The van der Waals surface area contributed by atoms with Gasteiger partial charge in [0.2, 0.25) is 5.91 Å². The van der Waals surface area contributed by atoms with E-state index in [2.05, 4.69) is 5.32 Å². The van der Waals surface area contributed by atoms with Gasteiger partial charge in [0.05, 0.1) is 11.8 Å². The second-order valence-electron chi connectivity index (χ2n) is 7.03. The first kappa shape index (κ1) is 19.9. The minimum atomic E-state index is -0.882. The van der Waals surface area contributed by atoms with Crippen molar-refractivity contribution in [2.75, 3.05) is 19.6 Å². The monoisotopic (exact) mass is 360 g/mol. The van der Waals surface area contributed by atoms with E-state index in [1.54, 1.807) is 4.90 Å². The highest BCUT2D eigenvalue weighted by atomic mass is 16.4. The Morgan fingerprint density at radius 1 is 1.27 bits per heavy atom. The van der Waals surface area contributed by atoms with Crippen molar-refractivity contribution in [1.29, 1.82) is 0 Å². The van der Waals surface area contributed by atoms with Gasteiger partial charge in [-0.25, -0.2) is 0 Å². The van der Waals surface area contributed by atoms with Gasteiger partial charge in [0.1, 0.15) is 0 Å². The molecule has 0 aliphatic carbocycles. The van der Waals surface area contributed by atoms with Crippen molar-refractivity contribution >= 4 is 17.8 Å². The van der Waals surface area contributed by atoms with Gasteiger partial charge >= 0.3 is 5.97 Å². The smallest absolute Gasteiger partial charge is 0.308 e. The number of piperidine rings is 1. The highest BCUT2D eigenvalue weighted by Crippen LogP contribution is 2.19. The summed E-state index contributed by atoms with van der Waals surface area (Å²) in [5, 5.41) is 12.0. The lowest BCUT2D eigenvalue weighted by Crippen LogP contribution is -2.46. The molecule has 1 aliphatic rings. The molecule has 0 saturated carbocycles. The summed E-state index contributed by atoms with van der Waals surface area (Å²) < 4.78 is 0. The summed E-state index contributed by atoms with van der Waals surface area (Å²) >= 11 is 0. The van der Waals surface area contributed by atoms with Gasteiger partial charge in [0.15, 0.2) is 0 Å². The summed E-state index contributed by atoms with van der Waals surface area (Å²) in [5.41, 5.74) is 1.73. The molecule has 26 heavy (non-hydrogen) atoms. The molecule has 2 unspecified atom stereocenters. The Balaban J connectivity index is 1.92. The molecule has 1 aromatic rings. The average Bonchev–Trinajstić information content (AvgIpc) is 2.64. The van der Waals surface area contributed by atoms with E-state index < -0.39 is 11.9 Å². The zero-order chi connectivity index (χ0) is 19.1. The Hall–Kier alpha value is -2.37. The topological polar surface area (TPSA) is 86.7 Å². The number of rotatable bonds is 7. The number of nitrogens with zero attached hydrogens (tertiary/aromatic N) is 1. The summed E-state index contributed by atoms with van der Waals surface area (Å²) in [7, 11) is 0. The molecular formula is C20H28N2O4. The van der Waals surface area contributed by atoms with Crippen molar-refractivity contribution in [3.63, 3.8) is 0 Å².